The van der Waals surface area contributed by atoms with Crippen molar-refractivity contribution < 1.29 is 20.7 Å². The monoisotopic (exact) mass is 477 g/mol. The first-order valence-corrected chi connectivity index (χ1v) is 11.0. The molecule has 10 heteroatoms. The Kier molecular flexibility index (Phi) is 4.60. The van der Waals surface area contributed by atoms with Crippen molar-refractivity contribution >= 4 is 17.3 Å². The third kappa shape index (κ3) is 4.46. The van der Waals surface area contributed by atoms with Crippen LogP contribution in [0.5, 0.6) is 17.6 Å². The van der Waals surface area contributed by atoms with Crippen molar-refractivity contribution in [2.24, 2.45) is 17.8 Å². The molecule has 1 aromatic carbocycles. The number of halogens is 2. The van der Waals surface area contributed by atoms with Gasteiger partial charge in [-0.3, -0.25) is 0 Å². The van der Waals surface area contributed by atoms with Crippen molar-refractivity contribution in [2.45, 2.75) is 32.6 Å². The summed E-state index contributed by atoms with van der Waals surface area (Å²) in [5.41, 5.74) is 0.939. The van der Waals surface area contributed by atoms with Crippen LogP contribution in [0.15, 0.2) is 30.5 Å². The minimum atomic E-state index is -3.04. The van der Waals surface area contributed by atoms with Crippen LogP contribution in [0.2, 0.25) is 5.02 Å². The lowest BCUT2D eigenvalue weighted by Crippen LogP contribution is -2.42. The van der Waals surface area contributed by atoms with E-state index in [-0.39, 0.29) is 28.5 Å². The zero-order valence-corrected chi connectivity index (χ0v) is 18.7. The van der Waals surface area contributed by atoms with E-state index in [0.717, 1.165) is 37.7 Å². The maximum Gasteiger partial charge on any atom is 0.320 e. The molecule has 1 aliphatic carbocycles. The summed E-state index contributed by atoms with van der Waals surface area (Å²) in [4.78, 5) is 6.65. The third-order valence-corrected chi connectivity index (χ3v) is 6.76. The molecule has 8 nitrogen and oxygen atoms in total. The molecule has 2 fully saturated rings. The molecule has 3 heterocycles. The molecule has 2 bridgehead atoms. The second-order valence-corrected chi connectivity index (χ2v) is 8.75. The topological polar surface area (TPSA) is 78.2 Å². The van der Waals surface area contributed by atoms with E-state index in [4.69, 9.17) is 27.9 Å². The maximum atomic E-state index is 13.6. The highest BCUT2D eigenvalue weighted by Crippen LogP contribution is 2.44. The van der Waals surface area contributed by atoms with Gasteiger partial charge in [0.25, 0.3) is 0 Å². The van der Waals surface area contributed by atoms with E-state index in [1.54, 1.807) is 13.3 Å². The van der Waals surface area contributed by atoms with Gasteiger partial charge in [0.15, 0.2) is 5.82 Å². The highest BCUT2D eigenvalue weighted by molar-refractivity contribution is 6.30. The fraction of sp³-hybridized carbons (Fsp3) is 0.478. The van der Waals surface area contributed by atoms with Gasteiger partial charge in [0.2, 0.25) is 5.88 Å². The number of hydrogen-bond donors (Lipinski definition) is 0. The summed E-state index contributed by atoms with van der Waals surface area (Å²) >= 11 is 5.85. The Balaban J connectivity index is 1.39. The van der Waals surface area contributed by atoms with Crippen LogP contribution in [0.1, 0.15) is 32.4 Å². The zero-order chi connectivity index (χ0) is 27.2. The lowest BCUT2D eigenvalue weighted by Gasteiger charge is -2.38. The lowest BCUT2D eigenvalue weighted by atomic mass is 9.82. The minimum Gasteiger partial charge on any atom is -0.480 e. The molecule has 33 heavy (non-hydrogen) atoms. The predicted molar refractivity (Wildman–Crippen MR) is 121 cm³/mol. The van der Waals surface area contributed by atoms with Gasteiger partial charge in [0.1, 0.15) is 11.6 Å². The van der Waals surface area contributed by atoms with E-state index in [2.05, 4.69) is 25.2 Å². The molecule has 0 amide bonds. The van der Waals surface area contributed by atoms with E-state index in [1.807, 2.05) is 6.07 Å². The highest BCUT2D eigenvalue weighted by Gasteiger charge is 2.42. The fourth-order valence-corrected chi connectivity index (χ4v) is 5.08. The van der Waals surface area contributed by atoms with Crippen LogP contribution in [0.3, 0.4) is 0 Å². The molecule has 1 aliphatic heterocycles. The fourth-order valence-electron chi connectivity index (χ4n) is 4.91. The van der Waals surface area contributed by atoms with Crippen molar-refractivity contribution in [2.75, 3.05) is 25.1 Å². The van der Waals surface area contributed by atoms with Gasteiger partial charge >= 0.3 is 6.01 Å². The normalized spacial score (nSPS) is 25.0. The summed E-state index contributed by atoms with van der Waals surface area (Å²) in [5.74, 6) is 1.05. The standard InChI is InChI=1S/C23H26ClFN6O2/c1-3-31-23(33-17-6-7-20(25)19(24)9-17)27-21(29-31)10-18-14-4-5-15(18)13-30(12-14)16-8-22(32-2)28-26-11-16/h6-9,11,14-15,18H,3-5,10,12-13H2,1-2H3/t14-,15+,18?/i1D3,3D2. The third-order valence-electron chi connectivity index (χ3n) is 6.47. The van der Waals surface area contributed by atoms with E-state index < -0.39 is 19.2 Å². The molecule has 174 valence electrons. The van der Waals surface area contributed by atoms with Crippen LogP contribution in [0.25, 0.3) is 0 Å². The maximum absolute atomic E-state index is 13.6. The van der Waals surface area contributed by atoms with Crippen LogP contribution in [-0.4, -0.2) is 45.2 Å². The molecule has 3 atom stereocenters. The Hall–Kier alpha value is -2.94. The van der Waals surface area contributed by atoms with Crippen molar-refractivity contribution in [1.29, 1.82) is 0 Å². The van der Waals surface area contributed by atoms with E-state index in [1.165, 1.54) is 12.1 Å². The van der Waals surface area contributed by atoms with Crippen molar-refractivity contribution in [3.63, 3.8) is 0 Å². The highest BCUT2D eigenvalue weighted by atomic mass is 35.5. The first-order chi connectivity index (χ1) is 18.0. The Morgan fingerprint density at radius 1 is 1.27 bits per heavy atom. The molecule has 0 spiro atoms. The van der Waals surface area contributed by atoms with Gasteiger partial charge in [-0.05, 0) is 49.6 Å². The van der Waals surface area contributed by atoms with Gasteiger partial charge in [-0.1, -0.05) is 11.6 Å². The molecular formula is C23H26ClFN6O2. The second kappa shape index (κ2) is 9.13. The molecule has 0 radical (unpaired) electrons. The number of ether oxygens (including phenoxy) is 2. The molecule has 0 N–H and O–H groups in total. The number of benzene rings is 1. The van der Waals surface area contributed by atoms with Crippen molar-refractivity contribution in [1.82, 2.24) is 25.0 Å². The second-order valence-electron chi connectivity index (χ2n) is 8.34. The van der Waals surface area contributed by atoms with E-state index in [0.29, 0.717) is 28.8 Å². The summed E-state index contributed by atoms with van der Waals surface area (Å²) in [5, 5.41) is 12.0. The van der Waals surface area contributed by atoms with Crippen molar-refractivity contribution in [3.8, 4) is 17.6 Å². The van der Waals surface area contributed by atoms with Gasteiger partial charge < -0.3 is 14.4 Å². The first-order valence-electron chi connectivity index (χ1n) is 13.2. The molecule has 3 aromatic rings. The number of rotatable bonds is 7. The molecule has 1 saturated carbocycles. The largest absolute Gasteiger partial charge is 0.480 e. The summed E-state index contributed by atoms with van der Waals surface area (Å²) < 4.78 is 64.7. The zero-order valence-electron chi connectivity index (χ0n) is 22.9. The minimum absolute atomic E-state index is 0.0766. The quantitative estimate of drug-likeness (QED) is 0.499. The van der Waals surface area contributed by atoms with Gasteiger partial charge in [-0.2, -0.15) is 15.2 Å². The summed E-state index contributed by atoms with van der Waals surface area (Å²) in [6.45, 7) is -4.35. The van der Waals surface area contributed by atoms with E-state index in [9.17, 15) is 4.39 Å². The number of piperidine rings is 1. The Bertz CT molecular complexity index is 1310. The summed E-state index contributed by atoms with van der Waals surface area (Å²) in [7, 11) is 1.55. The van der Waals surface area contributed by atoms with Crippen LogP contribution in [0, 0.1) is 23.6 Å². The first kappa shape index (κ1) is 16.6. The number of hydrogen-bond acceptors (Lipinski definition) is 7. The number of aryl methyl sites for hydroxylation is 1. The molecule has 2 aliphatic rings. The van der Waals surface area contributed by atoms with Crippen LogP contribution >= 0.6 is 11.6 Å². The number of aromatic nitrogens is 5. The Morgan fingerprint density at radius 2 is 2.09 bits per heavy atom. The number of methoxy groups -OCH3 is 1. The lowest BCUT2D eigenvalue weighted by molar-refractivity contribution is 0.265. The number of nitrogens with zero attached hydrogens (tertiary/aromatic N) is 6. The Morgan fingerprint density at radius 3 is 2.82 bits per heavy atom. The summed E-state index contributed by atoms with van der Waals surface area (Å²) in [6, 6.07) is 5.11. The van der Waals surface area contributed by atoms with Gasteiger partial charge in [-0.15, -0.1) is 5.10 Å². The van der Waals surface area contributed by atoms with Gasteiger partial charge in [0.05, 0.1) is 26.8 Å². The molecule has 1 unspecified atom stereocenters. The predicted octanol–water partition coefficient (Wildman–Crippen LogP) is 4.39. The number of fused-ring (bicyclic) bond motifs is 2. The average molecular weight is 478 g/mol. The van der Waals surface area contributed by atoms with Gasteiger partial charge in [-0.25, -0.2) is 9.07 Å². The van der Waals surface area contributed by atoms with Crippen LogP contribution in [0.4, 0.5) is 10.1 Å². The van der Waals surface area contributed by atoms with Crippen molar-refractivity contribution in [3.05, 3.63) is 47.1 Å². The van der Waals surface area contributed by atoms with Gasteiger partial charge in [0, 0.05) is 42.3 Å². The molecular weight excluding hydrogens is 447 g/mol. The van der Waals surface area contributed by atoms with Crippen LogP contribution < -0.4 is 14.4 Å². The Labute approximate surface area is 203 Å². The molecule has 5 rings (SSSR count). The van der Waals surface area contributed by atoms with E-state index >= 15 is 0 Å². The SMILES string of the molecule is [2H]C([2H])([2H])C([2H])([2H])n1nc(CC2[C@@H]3CC[C@H]2CN(c2cnnc(OC)c2)C3)nc1Oc1ccc(F)c(Cl)c1. The number of anilines is 1. The van der Waals surface area contributed by atoms with Crippen LogP contribution in [-0.2, 0) is 12.9 Å². The molecule has 2 aromatic heterocycles. The average Bonchev–Trinajstić information content (AvgIpc) is 3.36. The smallest absolute Gasteiger partial charge is 0.320 e. The summed E-state index contributed by atoms with van der Waals surface area (Å²) in [6.07, 6.45) is 4.20. The molecule has 1 saturated heterocycles.